The zero-order valence-electron chi connectivity index (χ0n) is 17.0. The molecule has 1 aliphatic heterocycles. The van der Waals surface area contributed by atoms with E-state index < -0.39 is 5.82 Å². The molecule has 3 rings (SSSR count). The molecule has 1 saturated carbocycles. The maximum absolute atomic E-state index is 13.5. The monoisotopic (exact) mass is 422 g/mol. The van der Waals surface area contributed by atoms with Gasteiger partial charge >= 0.3 is 0 Å². The zero-order valence-corrected chi connectivity index (χ0v) is 17.8. The van der Waals surface area contributed by atoms with Crippen LogP contribution in [0.1, 0.15) is 38.2 Å². The van der Waals surface area contributed by atoms with Crippen molar-refractivity contribution >= 4 is 23.6 Å². The number of carbonyl (C=O) groups is 1. The Labute approximate surface area is 176 Å². The second-order valence-corrected chi connectivity index (χ2v) is 8.84. The third-order valence-electron chi connectivity index (χ3n) is 5.52. The van der Waals surface area contributed by atoms with Gasteiger partial charge in [0.25, 0.3) is 0 Å². The van der Waals surface area contributed by atoms with Gasteiger partial charge in [-0.3, -0.25) is 4.79 Å². The first-order valence-corrected chi connectivity index (χ1v) is 11.6. The van der Waals surface area contributed by atoms with Crippen LogP contribution in [-0.2, 0) is 11.3 Å². The summed E-state index contributed by atoms with van der Waals surface area (Å²) >= 11 is 1.92. The molecule has 1 saturated heterocycles. The van der Waals surface area contributed by atoms with E-state index in [0.717, 1.165) is 56.8 Å². The molecule has 6 nitrogen and oxygen atoms in total. The van der Waals surface area contributed by atoms with Crippen molar-refractivity contribution in [1.82, 2.24) is 15.5 Å². The van der Waals surface area contributed by atoms with Crippen LogP contribution in [0.25, 0.3) is 0 Å². The molecule has 1 heterocycles. The molecule has 1 amide bonds. The average molecular weight is 423 g/mol. The summed E-state index contributed by atoms with van der Waals surface area (Å²) in [5, 5.41) is 16.0. The number of phenols is 1. The van der Waals surface area contributed by atoms with E-state index in [1.165, 1.54) is 12.1 Å². The van der Waals surface area contributed by atoms with Gasteiger partial charge in [-0.25, -0.2) is 9.38 Å². The summed E-state index contributed by atoms with van der Waals surface area (Å²) in [6.07, 6.45) is 3.69. The summed E-state index contributed by atoms with van der Waals surface area (Å²) in [6, 6.07) is 4.60. The van der Waals surface area contributed by atoms with Gasteiger partial charge in [0, 0.05) is 43.1 Å². The van der Waals surface area contributed by atoms with E-state index in [1.54, 1.807) is 6.07 Å². The van der Waals surface area contributed by atoms with Crippen LogP contribution < -0.4 is 10.6 Å². The van der Waals surface area contributed by atoms with Gasteiger partial charge in [0.05, 0.1) is 6.54 Å². The van der Waals surface area contributed by atoms with Crippen LogP contribution in [0.5, 0.6) is 5.75 Å². The van der Waals surface area contributed by atoms with Crippen LogP contribution in [0.4, 0.5) is 4.39 Å². The summed E-state index contributed by atoms with van der Waals surface area (Å²) in [7, 11) is 0. The van der Waals surface area contributed by atoms with Crippen molar-refractivity contribution in [2.75, 3.05) is 31.1 Å². The molecule has 1 aliphatic carbocycles. The first-order valence-electron chi connectivity index (χ1n) is 10.5. The average Bonchev–Trinajstić information content (AvgIpc) is 2.75. The molecule has 0 unspecified atom stereocenters. The van der Waals surface area contributed by atoms with Gasteiger partial charge in [-0.05, 0) is 50.3 Å². The fourth-order valence-corrected chi connectivity index (χ4v) is 4.76. The molecule has 1 aromatic carbocycles. The van der Waals surface area contributed by atoms with E-state index >= 15 is 0 Å². The minimum atomic E-state index is -0.633. The van der Waals surface area contributed by atoms with Gasteiger partial charge in [0.2, 0.25) is 5.91 Å². The molecule has 0 bridgehead atoms. The van der Waals surface area contributed by atoms with Crippen LogP contribution in [0.2, 0.25) is 0 Å². The Morgan fingerprint density at radius 2 is 2.00 bits per heavy atom. The number of halogens is 1. The van der Waals surface area contributed by atoms with Crippen molar-refractivity contribution in [2.24, 2.45) is 10.9 Å². The first-order chi connectivity index (χ1) is 14.1. The molecule has 1 aromatic rings. The normalized spacial score (nSPS) is 23.0. The maximum atomic E-state index is 13.5. The molecule has 160 valence electrons. The number of hydrogen-bond acceptors (Lipinski definition) is 4. The predicted molar refractivity (Wildman–Crippen MR) is 116 cm³/mol. The number of phenolic OH excluding ortho intramolecular Hbond substituents is 1. The van der Waals surface area contributed by atoms with Crippen LogP contribution in [0, 0.1) is 11.7 Å². The minimum absolute atomic E-state index is 0.149. The van der Waals surface area contributed by atoms with Crippen molar-refractivity contribution in [1.29, 1.82) is 0 Å². The molecule has 29 heavy (non-hydrogen) atoms. The third-order valence-corrected chi connectivity index (χ3v) is 6.46. The lowest BCUT2D eigenvalue weighted by Crippen LogP contribution is -2.47. The van der Waals surface area contributed by atoms with Crippen molar-refractivity contribution in [3.8, 4) is 5.75 Å². The number of rotatable bonds is 5. The minimum Gasteiger partial charge on any atom is -0.505 e. The second-order valence-electron chi connectivity index (χ2n) is 7.61. The van der Waals surface area contributed by atoms with Gasteiger partial charge in [-0.1, -0.05) is 6.07 Å². The number of thioether (sulfide) groups is 1. The number of guanidine groups is 1. The Bertz CT molecular complexity index is 717. The van der Waals surface area contributed by atoms with Crippen LogP contribution in [0.15, 0.2) is 23.2 Å². The molecule has 2 aliphatic rings. The number of benzene rings is 1. The van der Waals surface area contributed by atoms with Crippen molar-refractivity contribution in [3.05, 3.63) is 29.6 Å². The Hall–Kier alpha value is -1.96. The summed E-state index contributed by atoms with van der Waals surface area (Å²) in [6.45, 7) is 4.83. The lowest BCUT2D eigenvalue weighted by atomic mass is 9.85. The fourth-order valence-electron chi connectivity index (χ4n) is 3.86. The van der Waals surface area contributed by atoms with E-state index in [2.05, 4.69) is 15.6 Å². The molecule has 0 radical (unpaired) electrons. The molecular formula is C21H31FN4O2S. The largest absolute Gasteiger partial charge is 0.505 e. The van der Waals surface area contributed by atoms with E-state index in [4.69, 9.17) is 0 Å². The topological polar surface area (TPSA) is 77.0 Å². The van der Waals surface area contributed by atoms with E-state index in [-0.39, 0.29) is 17.7 Å². The highest BCUT2D eigenvalue weighted by Crippen LogP contribution is 2.27. The van der Waals surface area contributed by atoms with Gasteiger partial charge in [-0.15, -0.1) is 0 Å². The third kappa shape index (κ3) is 6.26. The number of nitrogens with zero attached hydrogens (tertiary/aromatic N) is 2. The highest BCUT2D eigenvalue weighted by Gasteiger charge is 2.30. The van der Waals surface area contributed by atoms with Gasteiger partial charge in [0.1, 0.15) is 0 Å². The lowest BCUT2D eigenvalue weighted by Gasteiger charge is -2.34. The fraction of sp³-hybridized carbons (Fsp3) is 0.619. The number of hydrogen-bond donors (Lipinski definition) is 3. The van der Waals surface area contributed by atoms with Crippen LogP contribution in [0.3, 0.4) is 0 Å². The summed E-state index contributed by atoms with van der Waals surface area (Å²) in [4.78, 5) is 19.3. The highest BCUT2D eigenvalue weighted by molar-refractivity contribution is 7.99. The Kier molecular flexibility index (Phi) is 8.03. The van der Waals surface area contributed by atoms with Crippen molar-refractivity contribution in [2.45, 2.75) is 45.2 Å². The second kappa shape index (κ2) is 10.7. The van der Waals surface area contributed by atoms with E-state index in [0.29, 0.717) is 24.0 Å². The van der Waals surface area contributed by atoms with Gasteiger partial charge < -0.3 is 20.6 Å². The molecule has 0 atom stereocenters. The van der Waals surface area contributed by atoms with Gasteiger partial charge in [-0.2, -0.15) is 11.8 Å². The first kappa shape index (κ1) is 21.7. The van der Waals surface area contributed by atoms with Crippen molar-refractivity contribution < 1.29 is 14.3 Å². The quantitative estimate of drug-likeness (QED) is 0.502. The van der Waals surface area contributed by atoms with Crippen molar-refractivity contribution in [3.63, 3.8) is 0 Å². The summed E-state index contributed by atoms with van der Waals surface area (Å²) in [5.41, 5.74) is 0.700. The predicted octanol–water partition coefficient (Wildman–Crippen LogP) is 2.72. The number of nitrogens with one attached hydrogen (secondary N) is 2. The van der Waals surface area contributed by atoms with E-state index in [9.17, 15) is 14.3 Å². The molecular weight excluding hydrogens is 391 g/mol. The molecule has 0 aromatic heterocycles. The lowest BCUT2D eigenvalue weighted by molar-refractivity contribution is -0.136. The zero-order chi connectivity index (χ0) is 20.6. The number of aliphatic imine (C=N–C) groups is 1. The number of amides is 1. The van der Waals surface area contributed by atoms with Crippen LogP contribution >= 0.6 is 11.8 Å². The Morgan fingerprint density at radius 1 is 1.28 bits per heavy atom. The standard InChI is InChI=1S/C21H31FN4O2S/c1-2-23-21(24-14-15-3-8-19(27)18(22)13-15)25-17-6-4-16(5-7-17)20(28)26-9-11-29-12-10-26/h3,8,13,16-17,27H,2,4-7,9-12,14H2,1H3,(H2,23,24,25). The van der Waals surface area contributed by atoms with E-state index in [1.807, 2.05) is 23.6 Å². The summed E-state index contributed by atoms with van der Waals surface area (Å²) < 4.78 is 13.5. The highest BCUT2D eigenvalue weighted by atomic mass is 32.2. The number of carbonyl (C=O) groups excluding carboxylic acids is 1. The van der Waals surface area contributed by atoms with Crippen LogP contribution in [-0.4, -0.2) is 59.1 Å². The Balaban J connectivity index is 1.50. The number of aromatic hydroxyl groups is 1. The molecule has 3 N–H and O–H groups in total. The molecule has 2 fully saturated rings. The molecule has 0 spiro atoms. The maximum Gasteiger partial charge on any atom is 0.225 e. The smallest absolute Gasteiger partial charge is 0.225 e. The summed E-state index contributed by atoms with van der Waals surface area (Å²) in [5.74, 6) is 2.30. The SMILES string of the molecule is CCNC(=NCc1ccc(O)c(F)c1)NC1CCC(C(=O)N2CCSCC2)CC1. The molecule has 8 heteroatoms. The van der Waals surface area contributed by atoms with Gasteiger partial charge in [0.15, 0.2) is 17.5 Å². The Morgan fingerprint density at radius 3 is 2.66 bits per heavy atom.